The zero-order chi connectivity index (χ0) is 13.8. The van der Waals surface area contributed by atoms with Gasteiger partial charge in [0.15, 0.2) is 0 Å². The Morgan fingerprint density at radius 3 is 2.39 bits per heavy atom. The van der Waals surface area contributed by atoms with E-state index in [1.807, 2.05) is 39.8 Å². The normalized spacial score (nSPS) is 11.3. The van der Waals surface area contributed by atoms with Crippen molar-refractivity contribution in [3.05, 3.63) is 23.3 Å². The number of sulfonamides is 1. The molecular weight excluding hydrogens is 250 g/mol. The minimum atomic E-state index is -3.24. The van der Waals surface area contributed by atoms with Gasteiger partial charge in [-0.2, -0.15) is 0 Å². The number of hydrogen-bond acceptors (Lipinski definition) is 3. The summed E-state index contributed by atoms with van der Waals surface area (Å²) in [4.78, 5) is 0. The van der Waals surface area contributed by atoms with Gasteiger partial charge < -0.3 is 4.74 Å². The highest BCUT2D eigenvalue weighted by molar-refractivity contribution is 7.92. The molecular formula is C13H21NO3S. The maximum atomic E-state index is 11.7. The number of nitrogens with one attached hydrogen (secondary N) is 1. The summed E-state index contributed by atoms with van der Waals surface area (Å²) in [6.07, 6.45) is 0.602. The molecule has 0 heterocycles. The Kier molecular flexibility index (Phi) is 5.02. The van der Waals surface area contributed by atoms with Crippen LogP contribution in [0, 0.1) is 13.8 Å². The number of anilines is 1. The largest absolute Gasteiger partial charge is 0.494 e. The first-order valence-corrected chi connectivity index (χ1v) is 7.79. The predicted molar refractivity (Wildman–Crippen MR) is 74.8 cm³/mol. The summed E-state index contributed by atoms with van der Waals surface area (Å²) in [7, 11) is -3.24. The Labute approximate surface area is 109 Å². The molecule has 0 aliphatic heterocycles. The highest BCUT2D eigenvalue weighted by Gasteiger charge is 2.12. The highest BCUT2D eigenvalue weighted by Crippen LogP contribution is 2.27. The molecule has 0 radical (unpaired) electrons. The number of benzene rings is 1. The molecule has 1 aromatic carbocycles. The van der Waals surface area contributed by atoms with Crippen LogP contribution in [0.5, 0.6) is 5.75 Å². The fraction of sp³-hybridized carbons (Fsp3) is 0.538. The van der Waals surface area contributed by atoms with Crippen LogP contribution in [0.4, 0.5) is 5.69 Å². The van der Waals surface area contributed by atoms with Crippen molar-refractivity contribution in [2.75, 3.05) is 17.1 Å². The fourth-order valence-corrected chi connectivity index (χ4v) is 2.89. The zero-order valence-corrected chi connectivity index (χ0v) is 12.2. The molecule has 1 rings (SSSR count). The van der Waals surface area contributed by atoms with Gasteiger partial charge in [-0.1, -0.05) is 6.92 Å². The van der Waals surface area contributed by atoms with Crippen molar-refractivity contribution in [1.29, 1.82) is 0 Å². The van der Waals surface area contributed by atoms with Gasteiger partial charge in [0.2, 0.25) is 10.0 Å². The minimum absolute atomic E-state index is 0.138. The summed E-state index contributed by atoms with van der Waals surface area (Å²) >= 11 is 0. The average molecular weight is 271 g/mol. The highest BCUT2D eigenvalue weighted by atomic mass is 32.2. The standard InChI is InChI=1S/C13H21NO3S/c1-5-7-18(15,16)14-12-8-11(4)13(17-6-2)9-10(12)3/h8-9,14H,5-7H2,1-4H3. The van der Waals surface area contributed by atoms with Gasteiger partial charge in [0.05, 0.1) is 18.0 Å². The molecule has 18 heavy (non-hydrogen) atoms. The zero-order valence-electron chi connectivity index (χ0n) is 11.4. The van der Waals surface area contributed by atoms with Crippen molar-refractivity contribution < 1.29 is 13.2 Å². The molecule has 4 nitrogen and oxygen atoms in total. The fourth-order valence-electron chi connectivity index (χ4n) is 1.70. The van der Waals surface area contributed by atoms with Crippen LogP contribution < -0.4 is 9.46 Å². The molecule has 1 aromatic rings. The lowest BCUT2D eigenvalue weighted by molar-refractivity contribution is 0.338. The monoisotopic (exact) mass is 271 g/mol. The third-order valence-electron chi connectivity index (χ3n) is 2.56. The van der Waals surface area contributed by atoms with Crippen LogP contribution in [0.1, 0.15) is 31.4 Å². The summed E-state index contributed by atoms with van der Waals surface area (Å²) in [5.41, 5.74) is 2.42. The van der Waals surface area contributed by atoms with Crippen molar-refractivity contribution in [3.63, 3.8) is 0 Å². The lowest BCUT2D eigenvalue weighted by atomic mass is 10.1. The molecule has 5 heteroatoms. The molecule has 0 aliphatic carbocycles. The second-order valence-electron chi connectivity index (χ2n) is 4.29. The van der Waals surface area contributed by atoms with Gasteiger partial charge in [0, 0.05) is 0 Å². The average Bonchev–Trinajstić information content (AvgIpc) is 2.25. The molecule has 0 saturated carbocycles. The predicted octanol–water partition coefficient (Wildman–Crippen LogP) is 2.85. The van der Waals surface area contributed by atoms with E-state index in [1.54, 1.807) is 0 Å². The van der Waals surface area contributed by atoms with Crippen LogP contribution in [0.3, 0.4) is 0 Å². The summed E-state index contributed by atoms with van der Waals surface area (Å²) < 4.78 is 31.6. The maximum absolute atomic E-state index is 11.7. The Hall–Kier alpha value is -1.23. The van der Waals surface area contributed by atoms with Crippen LogP contribution in [0.2, 0.25) is 0 Å². The molecule has 0 spiro atoms. The van der Waals surface area contributed by atoms with E-state index in [-0.39, 0.29) is 5.75 Å². The van der Waals surface area contributed by atoms with Gasteiger partial charge in [-0.05, 0) is 50.5 Å². The third kappa shape index (κ3) is 3.91. The second-order valence-corrected chi connectivity index (χ2v) is 6.13. The Balaban J connectivity index is 3.01. The first-order chi connectivity index (χ1) is 8.39. The van der Waals surface area contributed by atoms with Crippen LogP contribution in [-0.4, -0.2) is 20.8 Å². The number of hydrogen-bond donors (Lipinski definition) is 1. The smallest absolute Gasteiger partial charge is 0.232 e. The van der Waals surface area contributed by atoms with E-state index in [1.165, 1.54) is 0 Å². The van der Waals surface area contributed by atoms with E-state index in [0.717, 1.165) is 16.9 Å². The lowest BCUT2D eigenvalue weighted by Crippen LogP contribution is -2.17. The van der Waals surface area contributed by atoms with Crippen LogP contribution in [0.15, 0.2) is 12.1 Å². The summed E-state index contributed by atoms with van der Waals surface area (Å²) in [5, 5.41) is 0. The van der Waals surface area contributed by atoms with E-state index in [4.69, 9.17) is 4.74 Å². The van der Waals surface area contributed by atoms with Crippen molar-refractivity contribution in [3.8, 4) is 5.75 Å². The second kappa shape index (κ2) is 6.09. The van der Waals surface area contributed by atoms with E-state index < -0.39 is 10.0 Å². The summed E-state index contributed by atoms with van der Waals surface area (Å²) in [5.74, 6) is 0.937. The Morgan fingerprint density at radius 2 is 1.83 bits per heavy atom. The molecule has 1 N–H and O–H groups in total. The van der Waals surface area contributed by atoms with Crippen molar-refractivity contribution in [2.45, 2.75) is 34.1 Å². The van der Waals surface area contributed by atoms with Crippen molar-refractivity contribution in [2.24, 2.45) is 0 Å². The van der Waals surface area contributed by atoms with Crippen LogP contribution in [-0.2, 0) is 10.0 Å². The van der Waals surface area contributed by atoms with Gasteiger partial charge in [-0.3, -0.25) is 4.72 Å². The van der Waals surface area contributed by atoms with Crippen molar-refractivity contribution >= 4 is 15.7 Å². The molecule has 0 atom stereocenters. The van der Waals surface area contributed by atoms with Crippen LogP contribution in [0.25, 0.3) is 0 Å². The molecule has 102 valence electrons. The van der Waals surface area contributed by atoms with Gasteiger partial charge in [-0.25, -0.2) is 8.42 Å². The topological polar surface area (TPSA) is 55.4 Å². The summed E-state index contributed by atoms with van der Waals surface area (Å²) in [6, 6.07) is 3.68. The third-order valence-corrected chi connectivity index (χ3v) is 4.04. The number of aryl methyl sites for hydroxylation is 2. The first-order valence-electron chi connectivity index (χ1n) is 6.14. The quantitative estimate of drug-likeness (QED) is 0.865. The van der Waals surface area contributed by atoms with Gasteiger partial charge in [0.1, 0.15) is 5.75 Å². The molecule has 0 aromatic heterocycles. The van der Waals surface area contributed by atoms with E-state index in [9.17, 15) is 8.42 Å². The molecule has 0 saturated heterocycles. The molecule has 0 aliphatic rings. The van der Waals surface area contributed by atoms with E-state index in [2.05, 4.69) is 4.72 Å². The van der Waals surface area contributed by atoms with E-state index in [0.29, 0.717) is 18.7 Å². The maximum Gasteiger partial charge on any atom is 0.232 e. The first kappa shape index (κ1) is 14.8. The van der Waals surface area contributed by atoms with Gasteiger partial charge in [0.25, 0.3) is 0 Å². The lowest BCUT2D eigenvalue weighted by Gasteiger charge is -2.14. The molecule has 0 amide bonds. The Morgan fingerprint density at radius 1 is 1.17 bits per heavy atom. The van der Waals surface area contributed by atoms with Gasteiger partial charge >= 0.3 is 0 Å². The van der Waals surface area contributed by atoms with Crippen molar-refractivity contribution in [1.82, 2.24) is 0 Å². The van der Waals surface area contributed by atoms with Crippen LogP contribution >= 0.6 is 0 Å². The molecule has 0 fully saturated rings. The molecule has 0 bridgehead atoms. The summed E-state index contributed by atoms with van der Waals surface area (Å²) in [6.45, 7) is 8.14. The van der Waals surface area contributed by atoms with E-state index >= 15 is 0 Å². The van der Waals surface area contributed by atoms with Gasteiger partial charge in [-0.15, -0.1) is 0 Å². The number of rotatable bonds is 6. The minimum Gasteiger partial charge on any atom is -0.494 e. The Bertz CT molecular complexity index is 509. The molecule has 0 unspecified atom stereocenters. The number of ether oxygens (including phenoxy) is 1. The SMILES string of the molecule is CCCS(=O)(=O)Nc1cc(C)c(OCC)cc1C.